The Morgan fingerprint density at radius 3 is 2.59 bits per heavy atom. The van der Waals surface area contributed by atoms with Crippen LogP contribution in [0.15, 0.2) is 30.3 Å². The van der Waals surface area contributed by atoms with Crippen molar-refractivity contribution in [2.45, 2.75) is 12.5 Å². The summed E-state index contributed by atoms with van der Waals surface area (Å²) in [5.41, 5.74) is 8.54. The molecular formula is C11H14N2O4. The number of carbonyl (C=O) groups is 2. The summed E-state index contributed by atoms with van der Waals surface area (Å²) in [5, 5.41) is 8.29. The van der Waals surface area contributed by atoms with Gasteiger partial charge < -0.3 is 10.8 Å². The smallest absolute Gasteiger partial charge is 0.332 e. The number of benzene rings is 1. The van der Waals surface area contributed by atoms with E-state index >= 15 is 0 Å². The van der Waals surface area contributed by atoms with Crippen molar-refractivity contribution in [3.8, 4) is 0 Å². The van der Waals surface area contributed by atoms with Crippen LogP contribution in [-0.4, -0.2) is 29.6 Å². The second-order valence-electron chi connectivity index (χ2n) is 3.44. The summed E-state index contributed by atoms with van der Waals surface area (Å²) in [5.74, 6) is -1.71. The zero-order valence-electron chi connectivity index (χ0n) is 9.13. The molecule has 0 aliphatic heterocycles. The van der Waals surface area contributed by atoms with Crippen LogP contribution in [0.3, 0.4) is 0 Å². The van der Waals surface area contributed by atoms with Crippen molar-refractivity contribution in [2.24, 2.45) is 5.73 Å². The number of hydroxylamine groups is 1. The van der Waals surface area contributed by atoms with Gasteiger partial charge >= 0.3 is 5.97 Å². The van der Waals surface area contributed by atoms with Crippen LogP contribution in [0.4, 0.5) is 0 Å². The molecule has 0 aliphatic carbocycles. The monoisotopic (exact) mass is 238 g/mol. The molecule has 1 atom stereocenters. The van der Waals surface area contributed by atoms with Crippen molar-refractivity contribution in [2.75, 3.05) is 6.61 Å². The lowest BCUT2D eigenvalue weighted by molar-refractivity contribution is -0.149. The third-order valence-corrected chi connectivity index (χ3v) is 2.00. The molecule has 0 heterocycles. The van der Waals surface area contributed by atoms with Crippen LogP contribution in [0.2, 0.25) is 0 Å². The number of aliphatic carboxylic acids is 1. The van der Waals surface area contributed by atoms with Crippen LogP contribution in [-0.2, 0) is 20.8 Å². The predicted molar refractivity (Wildman–Crippen MR) is 59.9 cm³/mol. The highest BCUT2D eigenvalue weighted by molar-refractivity contribution is 5.81. The van der Waals surface area contributed by atoms with E-state index in [1.165, 1.54) is 0 Å². The Hall–Kier alpha value is -1.92. The maximum absolute atomic E-state index is 11.4. The third kappa shape index (κ3) is 5.10. The Morgan fingerprint density at radius 2 is 2.00 bits per heavy atom. The molecule has 0 radical (unpaired) electrons. The van der Waals surface area contributed by atoms with Crippen molar-refractivity contribution >= 4 is 11.9 Å². The average Bonchev–Trinajstić information content (AvgIpc) is 2.29. The van der Waals surface area contributed by atoms with Gasteiger partial charge in [0.15, 0.2) is 6.61 Å². The van der Waals surface area contributed by atoms with Gasteiger partial charge in [0.05, 0.1) is 6.04 Å². The van der Waals surface area contributed by atoms with Gasteiger partial charge in [-0.25, -0.2) is 10.3 Å². The summed E-state index contributed by atoms with van der Waals surface area (Å²) >= 11 is 0. The maximum atomic E-state index is 11.4. The standard InChI is InChI=1S/C11H14N2O4/c12-9(6-8-4-2-1-3-5-8)11(16)13-17-7-10(14)15/h1-5,9H,6-7,12H2,(H,13,16)(H,14,15)/t9-/m1/s1. The molecule has 0 unspecified atom stereocenters. The molecule has 0 bridgehead atoms. The van der Waals surface area contributed by atoms with E-state index in [1.807, 2.05) is 35.8 Å². The second-order valence-corrected chi connectivity index (χ2v) is 3.44. The van der Waals surface area contributed by atoms with Gasteiger partial charge in [-0.05, 0) is 12.0 Å². The van der Waals surface area contributed by atoms with Gasteiger partial charge in [0.2, 0.25) is 0 Å². The molecule has 0 saturated carbocycles. The number of hydrogen-bond donors (Lipinski definition) is 3. The van der Waals surface area contributed by atoms with Crippen molar-refractivity contribution in [1.82, 2.24) is 5.48 Å². The van der Waals surface area contributed by atoms with Gasteiger partial charge in [0, 0.05) is 0 Å². The van der Waals surface area contributed by atoms with E-state index in [2.05, 4.69) is 4.84 Å². The zero-order valence-corrected chi connectivity index (χ0v) is 9.13. The number of carboxylic acid groups (broad SMARTS) is 1. The fraction of sp³-hybridized carbons (Fsp3) is 0.273. The molecule has 1 amide bonds. The minimum Gasteiger partial charge on any atom is -0.479 e. The summed E-state index contributed by atoms with van der Waals surface area (Å²) in [4.78, 5) is 25.9. The number of nitrogens with one attached hydrogen (secondary N) is 1. The molecule has 1 aromatic rings. The van der Waals surface area contributed by atoms with E-state index in [-0.39, 0.29) is 0 Å². The minimum atomic E-state index is -1.16. The summed E-state index contributed by atoms with van der Waals surface area (Å²) in [6.45, 7) is -0.593. The topological polar surface area (TPSA) is 102 Å². The summed E-state index contributed by atoms with van der Waals surface area (Å²) < 4.78 is 0. The molecule has 92 valence electrons. The van der Waals surface area contributed by atoms with Crippen molar-refractivity contribution in [3.63, 3.8) is 0 Å². The van der Waals surface area contributed by atoms with Crippen LogP contribution in [0.1, 0.15) is 5.56 Å². The molecule has 0 fully saturated rings. The first-order valence-electron chi connectivity index (χ1n) is 5.02. The number of nitrogens with two attached hydrogens (primary N) is 1. The van der Waals surface area contributed by atoms with E-state index in [4.69, 9.17) is 10.8 Å². The number of amides is 1. The molecule has 0 aromatic heterocycles. The minimum absolute atomic E-state index is 0.364. The van der Waals surface area contributed by atoms with Gasteiger partial charge in [0.1, 0.15) is 0 Å². The highest BCUT2D eigenvalue weighted by Gasteiger charge is 2.14. The molecular weight excluding hydrogens is 224 g/mol. The molecule has 1 aromatic carbocycles. The van der Waals surface area contributed by atoms with E-state index in [1.54, 1.807) is 0 Å². The average molecular weight is 238 g/mol. The number of hydrogen-bond acceptors (Lipinski definition) is 4. The highest BCUT2D eigenvalue weighted by Crippen LogP contribution is 2.01. The first kappa shape index (κ1) is 13.1. The molecule has 0 aliphatic rings. The molecule has 6 heteroatoms. The fourth-order valence-corrected chi connectivity index (χ4v) is 1.21. The van der Waals surface area contributed by atoms with E-state index in [0.717, 1.165) is 5.56 Å². The van der Waals surface area contributed by atoms with Gasteiger partial charge in [-0.2, -0.15) is 0 Å². The van der Waals surface area contributed by atoms with Gasteiger partial charge in [-0.1, -0.05) is 30.3 Å². The Labute approximate surface area is 98.3 Å². The van der Waals surface area contributed by atoms with Crippen LogP contribution < -0.4 is 11.2 Å². The number of carbonyl (C=O) groups excluding carboxylic acids is 1. The van der Waals surface area contributed by atoms with Crippen molar-refractivity contribution in [3.05, 3.63) is 35.9 Å². The molecule has 17 heavy (non-hydrogen) atoms. The van der Waals surface area contributed by atoms with E-state index < -0.39 is 24.5 Å². The largest absolute Gasteiger partial charge is 0.479 e. The summed E-state index contributed by atoms with van der Waals surface area (Å²) in [7, 11) is 0. The highest BCUT2D eigenvalue weighted by atomic mass is 16.7. The predicted octanol–water partition coefficient (Wildman–Crippen LogP) is -0.311. The lowest BCUT2D eigenvalue weighted by Gasteiger charge is -2.11. The van der Waals surface area contributed by atoms with Crippen molar-refractivity contribution in [1.29, 1.82) is 0 Å². The molecule has 4 N–H and O–H groups in total. The van der Waals surface area contributed by atoms with E-state index in [0.29, 0.717) is 6.42 Å². The quantitative estimate of drug-likeness (QED) is 0.590. The van der Waals surface area contributed by atoms with Gasteiger partial charge in [0.25, 0.3) is 5.91 Å². The molecule has 0 spiro atoms. The normalized spacial score (nSPS) is 11.8. The van der Waals surface area contributed by atoms with Gasteiger partial charge in [-0.3, -0.25) is 9.63 Å². The van der Waals surface area contributed by atoms with Crippen LogP contribution >= 0.6 is 0 Å². The number of carboxylic acids is 1. The maximum Gasteiger partial charge on any atom is 0.332 e. The van der Waals surface area contributed by atoms with E-state index in [9.17, 15) is 9.59 Å². The van der Waals surface area contributed by atoms with Crippen LogP contribution in [0.5, 0.6) is 0 Å². The molecule has 1 rings (SSSR count). The first-order chi connectivity index (χ1) is 8.09. The summed E-state index contributed by atoms with van der Waals surface area (Å²) in [6, 6.07) is 8.50. The lowest BCUT2D eigenvalue weighted by Crippen LogP contribution is -2.42. The van der Waals surface area contributed by atoms with Crippen LogP contribution in [0, 0.1) is 0 Å². The molecule has 6 nitrogen and oxygen atoms in total. The fourth-order valence-electron chi connectivity index (χ4n) is 1.21. The Morgan fingerprint density at radius 1 is 1.35 bits per heavy atom. The molecule has 0 saturated heterocycles. The third-order valence-electron chi connectivity index (χ3n) is 2.00. The van der Waals surface area contributed by atoms with Crippen molar-refractivity contribution < 1.29 is 19.5 Å². The Bertz CT molecular complexity index is 380. The second kappa shape index (κ2) is 6.62. The SMILES string of the molecule is N[C@H](Cc1ccccc1)C(=O)NOCC(=O)O. The number of rotatable bonds is 6. The summed E-state index contributed by atoms with van der Waals surface area (Å²) in [6.07, 6.45) is 0.364. The first-order valence-corrected chi connectivity index (χ1v) is 5.02. The van der Waals surface area contributed by atoms with Gasteiger partial charge in [-0.15, -0.1) is 0 Å². The Kier molecular flexibility index (Phi) is 5.12. The Balaban J connectivity index is 2.34. The lowest BCUT2D eigenvalue weighted by atomic mass is 10.1. The van der Waals surface area contributed by atoms with Crippen LogP contribution in [0.25, 0.3) is 0 Å². The zero-order chi connectivity index (χ0) is 12.7.